The van der Waals surface area contributed by atoms with Gasteiger partial charge >= 0.3 is 0 Å². The Bertz CT molecular complexity index is 780. The molecular formula is C21H26ClFN2O2S. The van der Waals surface area contributed by atoms with Crippen LogP contribution in [0.1, 0.15) is 31.2 Å². The van der Waals surface area contributed by atoms with Gasteiger partial charge in [-0.05, 0) is 72.3 Å². The van der Waals surface area contributed by atoms with Gasteiger partial charge in [-0.15, -0.1) is 12.4 Å². The zero-order valence-electron chi connectivity index (χ0n) is 15.7. The average molecular weight is 425 g/mol. The van der Waals surface area contributed by atoms with Gasteiger partial charge in [0, 0.05) is 12.6 Å². The number of hydrogen-bond donors (Lipinski definition) is 1. The molecule has 1 aromatic heterocycles. The summed E-state index contributed by atoms with van der Waals surface area (Å²) in [5.41, 5.74) is 1.47. The van der Waals surface area contributed by atoms with Crippen LogP contribution in [0.5, 0.6) is 5.75 Å². The van der Waals surface area contributed by atoms with Crippen LogP contribution in [0.3, 0.4) is 0 Å². The van der Waals surface area contributed by atoms with Gasteiger partial charge in [0.25, 0.3) is 0 Å². The van der Waals surface area contributed by atoms with Crippen molar-refractivity contribution >= 4 is 29.7 Å². The van der Waals surface area contributed by atoms with Gasteiger partial charge in [0.05, 0.1) is 13.0 Å². The number of nitrogens with zero attached hydrogens (tertiary/aromatic N) is 1. The summed E-state index contributed by atoms with van der Waals surface area (Å²) in [6, 6.07) is 8.72. The van der Waals surface area contributed by atoms with E-state index in [0.29, 0.717) is 18.0 Å². The summed E-state index contributed by atoms with van der Waals surface area (Å²) < 4.78 is 19.2. The van der Waals surface area contributed by atoms with Gasteiger partial charge in [-0.2, -0.15) is 11.3 Å². The van der Waals surface area contributed by atoms with Crippen molar-refractivity contribution < 1.29 is 13.9 Å². The van der Waals surface area contributed by atoms with E-state index >= 15 is 0 Å². The van der Waals surface area contributed by atoms with Gasteiger partial charge < -0.3 is 15.0 Å². The number of halogens is 2. The predicted molar refractivity (Wildman–Crippen MR) is 112 cm³/mol. The van der Waals surface area contributed by atoms with Gasteiger partial charge in [0.15, 0.2) is 11.6 Å². The fraction of sp³-hybridized carbons (Fsp3) is 0.476. The molecular weight excluding hydrogens is 399 g/mol. The van der Waals surface area contributed by atoms with Crippen molar-refractivity contribution in [3.8, 4) is 5.75 Å². The van der Waals surface area contributed by atoms with Crippen molar-refractivity contribution in [2.75, 3.05) is 19.7 Å². The monoisotopic (exact) mass is 424 g/mol. The molecule has 1 saturated heterocycles. The maximum Gasteiger partial charge on any atom is 0.226 e. The van der Waals surface area contributed by atoms with E-state index in [1.807, 2.05) is 10.3 Å². The van der Waals surface area contributed by atoms with Crippen molar-refractivity contribution in [3.63, 3.8) is 0 Å². The van der Waals surface area contributed by atoms with E-state index in [9.17, 15) is 9.18 Å². The first kappa shape index (κ1) is 21.1. The standard InChI is InChI=1S/C21H25FN2O2S.ClH/c22-17-3-1-2-4-18(17)26-11-5-20(25)24(14-16-6-12-27-15-16)19-13-21(19)7-9-23-10-8-21;/h1-4,6,12,15,19,23H,5,7-11,13-14H2;1H. The molecule has 1 aromatic carbocycles. The first-order chi connectivity index (χ1) is 13.2. The Kier molecular flexibility index (Phi) is 6.96. The summed E-state index contributed by atoms with van der Waals surface area (Å²) >= 11 is 1.65. The molecule has 1 N–H and O–H groups in total. The lowest BCUT2D eigenvalue weighted by atomic mass is 9.93. The third-order valence-corrected chi connectivity index (χ3v) is 6.52. The average Bonchev–Trinajstić information content (AvgIpc) is 3.11. The largest absolute Gasteiger partial charge is 0.490 e. The number of carbonyl (C=O) groups is 1. The van der Waals surface area contributed by atoms with Crippen LogP contribution in [0.15, 0.2) is 41.1 Å². The van der Waals surface area contributed by atoms with Crippen LogP contribution in [0.25, 0.3) is 0 Å². The Morgan fingerprint density at radius 2 is 2.07 bits per heavy atom. The number of nitrogens with one attached hydrogen (secondary N) is 1. The third kappa shape index (κ3) is 4.67. The number of para-hydroxylation sites is 1. The summed E-state index contributed by atoms with van der Waals surface area (Å²) in [4.78, 5) is 15.0. The SMILES string of the molecule is Cl.O=C(CCOc1ccccc1F)N(Cc1ccsc1)C1CC12CCNCC2. The minimum atomic E-state index is -0.393. The molecule has 4 rings (SSSR count). The number of ether oxygens (including phenoxy) is 1. The number of carbonyl (C=O) groups excluding carboxylic acids is 1. The third-order valence-electron chi connectivity index (χ3n) is 5.79. The first-order valence-corrected chi connectivity index (χ1v) is 10.5. The normalized spacial score (nSPS) is 19.7. The molecule has 1 spiro atoms. The first-order valence-electron chi connectivity index (χ1n) is 9.57. The molecule has 0 bridgehead atoms. The summed E-state index contributed by atoms with van der Waals surface area (Å²) in [5.74, 6) is -0.0928. The fourth-order valence-corrected chi connectivity index (χ4v) is 4.79. The quantitative estimate of drug-likeness (QED) is 0.722. The van der Waals surface area contributed by atoms with Crippen LogP contribution in [0.2, 0.25) is 0 Å². The summed E-state index contributed by atoms with van der Waals surface area (Å²) in [6.45, 7) is 2.92. The topological polar surface area (TPSA) is 41.6 Å². The van der Waals surface area contributed by atoms with Crippen molar-refractivity contribution in [2.45, 2.75) is 38.3 Å². The molecule has 2 aliphatic rings. The van der Waals surface area contributed by atoms with E-state index in [1.165, 1.54) is 11.6 Å². The number of rotatable bonds is 7. The van der Waals surface area contributed by atoms with Gasteiger partial charge in [-0.25, -0.2) is 4.39 Å². The lowest BCUT2D eigenvalue weighted by Crippen LogP contribution is -2.39. The van der Waals surface area contributed by atoms with Crippen LogP contribution in [0.4, 0.5) is 4.39 Å². The number of benzene rings is 1. The highest BCUT2D eigenvalue weighted by molar-refractivity contribution is 7.07. The van der Waals surface area contributed by atoms with Crippen molar-refractivity contribution in [1.82, 2.24) is 10.2 Å². The summed E-state index contributed by atoms with van der Waals surface area (Å²) in [6.07, 6.45) is 3.63. The highest BCUT2D eigenvalue weighted by atomic mass is 35.5. The summed E-state index contributed by atoms with van der Waals surface area (Å²) in [5, 5.41) is 7.57. The van der Waals surface area contributed by atoms with E-state index < -0.39 is 5.82 Å². The molecule has 0 radical (unpaired) electrons. The number of thiophene rings is 1. The maximum absolute atomic E-state index is 13.7. The number of piperidine rings is 1. The Morgan fingerprint density at radius 3 is 2.79 bits per heavy atom. The second-order valence-electron chi connectivity index (χ2n) is 7.51. The molecule has 1 atom stereocenters. The molecule has 2 heterocycles. The van der Waals surface area contributed by atoms with E-state index in [1.54, 1.807) is 29.5 Å². The molecule has 4 nitrogen and oxygen atoms in total. The zero-order valence-corrected chi connectivity index (χ0v) is 17.4. The van der Waals surface area contributed by atoms with Crippen molar-refractivity contribution in [1.29, 1.82) is 0 Å². The predicted octanol–water partition coefficient (Wildman–Crippen LogP) is 4.25. The smallest absolute Gasteiger partial charge is 0.226 e. The summed E-state index contributed by atoms with van der Waals surface area (Å²) in [7, 11) is 0. The lowest BCUT2D eigenvalue weighted by Gasteiger charge is -2.29. The van der Waals surface area contributed by atoms with E-state index in [0.717, 1.165) is 32.4 Å². The molecule has 1 unspecified atom stereocenters. The molecule has 28 heavy (non-hydrogen) atoms. The minimum absolute atomic E-state index is 0. The van der Waals surface area contributed by atoms with Crippen LogP contribution in [0, 0.1) is 11.2 Å². The molecule has 152 valence electrons. The molecule has 1 aliphatic carbocycles. The van der Waals surface area contributed by atoms with Gasteiger partial charge in [0.2, 0.25) is 5.91 Å². The van der Waals surface area contributed by atoms with Crippen LogP contribution in [-0.4, -0.2) is 36.5 Å². The molecule has 2 fully saturated rings. The Hall–Kier alpha value is -1.63. The molecule has 1 saturated carbocycles. The molecule has 7 heteroatoms. The van der Waals surface area contributed by atoms with E-state index in [4.69, 9.17) is 4.74 Å². The highest BCUT2D eigenvalue weighted by Crippen LogP contribution is 2.56. The van der Waals surface area contributed by atoms with Crippen molar-refractivity contribution in [3.05, 3.63) is 52.5 Å². The zero-order chi connectivity index (χ0) is 18.7. The minimum Gasteiger partial charge on any atom is -0.490 e. The van der Waals surface area contributed by atoms with E-state index in [2.05, 4.69) is 16.8 Å². The number of hydrogen-bond acceptors (Lipinski definition) is 4. The van der Waals surface area contributed by atoms with Crippen molar-refractivity contribution in [2.24, 2.45) is 5.41 Å². The van der Waals surface area contributed by atoms with Gasteiger partial charge in [0.1, 0.15) is 0 Å². The number of amides is 1. The van der Waals surface area contributed by atoms with E-state index in [-0.39, 0.29) is 37.1 Å². The Morgan fingerprint density at radius 1 is 1.29 bits per heavy atom. The second kappa shape index (κ2) is 9.25. The van der Waals surface area contributed by atoms with Crippen LogP contribution < -0.4 is 10.1 Å². The second-order valence-corrected chi connectivity index (χ2v) is 8.29. The van der Waals surface area contributed by atoms with Gasteiger partial charge in [-0.1, -0.05) is 12.1 Å². The van der Waals surface area contributed by atoms with Crippen LogP contribution >= 0.6 is 23.7 Å². The highest BCUT2D eigenvalue weighted by Gasteiger charge is 2.57. The Balaban J connectivity index is 0.00000225. The molecule has 1 aliphatic heterocycles. The molecule has 1 amide bonds. The lowest BCUT2D eigenvalue weighted by molar-refractivity contribution is -0.133. The van der Waals surface area contributed by atoms with Crippen LogP contribution in [-0.2, 0) is 11.3 Å². The van der Waals surface area contributed by atoms with Gasteiger partial charge in [-0.3, -0.25) is 4.79 Å². The maximum atomic E-state index is 13.7. The molecule has 2 aromatic rings. The fourth-order valence-electron chi connectivity index (χ4n) is 4.13. The Labute approximate surface area is 175 Å².